The molecular weight excluding hydrogens is 454 g/mol. The lowest BCUT2D eigenvalue weighted by Gasteiger charge is -2.15. The van der Waals surface area contributed by atoms with E-state index in [2.05, 4.69) is 16.8 Å². The van der Waals surface area contributed by atoms with Gasteiger partial charge in [0, 0.05) is 12.1 Å². The first-order valence-electron chi connectivity index (χ1n) is 9.86. The van der Waals surface area contributed by atoms with Gasteiger partial charge in [0.25, 0.3) is 15.9 Å². The Bertz CT molecular complexity index is 1290. The van der Waals surface area contributed by atoms with Crippen molar-refractivity contribution in [3.05, 3.63) is 47.8 Å². The van der Waals surface area contributed by atoms with Gasteiger partial charge in [0.1, 0.15) is 9.79 Å². The number of methoxy groups -OCH3 is 1. The monoisotopic (exact) mass is 477 g/mol. The Balaban J connectivity index is 1.85. The minimum Gasteiger partial charge on any atom is -0.494 e. The first-order chi connectivity index (χ1) is 15.1. The number of ether oxygens (including phenoxy) is 1. The summed E-state index contributed by atoms with van der Waals surface area (Å²) in [6.45, 7) is 0. The summed E-state index contributed by atoms with van der Waals surface area (Å²) in [5.41, 5.74) is 0.249. The second-order valence-corrected chi connectivity index (χ2v) is 10.5. The summed E-state index contributed by atoms with van der Waals surface area (Å²) >= 11 is 0. The second kappa shape index (κ2) is 9.68. The molecule has 1 aromatic carbocycles. The van der Waals surface area contributed by atoms with Gasteiger partial charge in [0.2, 0.25) is 10.0 Å². The number of amides is 1. The standard InChI is InChI=1S/C21H23N3O6S2/c1-30-18-13-16(14-23-17(18)12-11-15-7-3-2-4-8-15)21(25)24-32(28,29)20-10-6-5-9-19(20)31(22,26)27/h5-6,9-10,13-15H,2-4,7-8H2,1H3,(H,24,25)(H2,22,26,27). The summed E-state index contributed by atoms with van der Waals surface area (Å²) in [4.78, 5) is 15.5. The van der Waals surface area contributed by atoms with Gasteiger partial charge in [-0.3, -0.25) is 4.79 Å². The number of rotatable bonds is 5. The number of nitrogens with one attached hydrogen (secondary N) is 1. The topological polar surface area (TPSA) is 146 Å². The first-order valence-corrected chi connectivity index (χ1v) is 12.9. The van der Waals surface area contributed by atoms with Crippen LogP contribution >= 0.6 is 0 Å². The number of carbonyl (C=O) groups is 1. The van der Waals surface area contributed by atoms with Crippen molar-refractivity contribution in [2.24, 2.45) is 11.1 Å². The molecule has 3 N–H and O–H groups in total. The minimum atomic E-state index is -4.53. The number of hydrogen-bond donors (Lipinski definition) is 2. The lowest BCUT2D eigenvalue weighted by Crippen LogP contribution is -2.32. The van der Waals surface area contributed by atoms with E-state index in [-0.39, 0.29) is 11.3 Å². The van der Waals surface area contributed by atoms with Crippen molar-refractivity contribution in [2.75, 3.05) is 7.11 Å². The maximum atomic E-state index is 12.7. The van der Waals surface area contributed by atoms with Crippen molar-refractivity contribution in [3.8, 4) is 17.6 Å². The SMILES string of the molecule is COc1cc(C(=O)NS(=O)(=O)c2ccccc2S(N)(=O)=O)cnc1C#CC1CCCCC1. The first kappa shape index (κ1) is 23.7. The highest BCUT2D eigenvalue weighted by atomic mass is 32.2. The van der Waals surface area contributed by atoms with E-state index in [4.69, 9.17) is 9.88 Å². The molecule has 1 aliphatic carbocycles. The largest absolute Gasteiger partial charge is 0.494 e. The molecule has 1 aromatic heterocycles. The zero-order valence-electron chi connectivity index (χ0n) is 17.4. The number of hydrogen-bond acceptors (Lipinski definition) is 7. The van der Waals surface area contributed by atoms with E-state index in [0.29, 0.717) is 11.6 Å². The molecule has 1 aliphatic rings. The van der Waals surface area contributed by atoms with Gasteiger partial charge in [-0.25, -0.2) is 31.7 Å². The lowest BCUT2D eigenvalue weighted by molar-refractivity contribution is 0.0980. The van der Waals surface area contributed by atoms with Gasteiger partial charge in [0.15, 0.2) is 11.4 Å². The third-order valence-electron chi connectivity index (χ3n) is 5.01. The minimum absolute atomic E-state index is 0.0956. The fourth-order valence-corrected chi connectivity index (χ4v) is 5.74. The van der Waals surface area contributed by atoms with Crippen LogP contribution in [-0.4, -0.2) is 34.8 Å². The number of carbonyl (C=O) groups excluding carboxylic acids is 1. The number of sulfonamides is 2. The highest BCUT2D eigenvalue weighted by Crippen LogP contribution is 2.24. The fourth-order valence-electron chi connectivity index (χ4n) is 3.38. The molecule has 2 aromatic rings. The molecule has 1 fully saturated rings. The highest BCUT2D eigenvalue weighted by molar-refractivity contribution is 7.92. The molecule has 0 unspecified atom stereocenters. The summed E-state index contributed by atoms with van der Waals surface area (Å²) < 4.78 is 55.8. The molecule has 1 saturated carbocycles. The van der Waals surface area contributed by atoms with E-state index >= 15 is 0 Å². The summed E-state index contributed by atoms with van der Waals surface area (Å²) in [6, 6.07) is 6.05. The Hall–Kier alpha value is -2.94. The van der Waals surface area contributed by atoms with E-state index in [1.165, 1.54) is 37.9 Å². The van der Waals surface area contributed by atoms with Gasteiger partial charge in [-0.05, 0) is 37.0 Å². The smallest absolute Gasteiger partial charge is 0.266 e. The van der Waals surface area contributed by atoms with Crippen LogP contribution in [0.25, 0.3) is 0 Å². The molecule has 0 radical (unpaired) electrons. The van der Waals surface area contributed by atoms with E-state index in [1.54, 1.807) is 0 Å². The lowest BCUT2D eigenvalue weighted by atomic mass is 9.90. The van der Waals surface area contributed by atoms with Crippen molar-refractivity contribution in [1.82, 2.24) is 9.71 Å². The average Bonchev–Trinajstić information content (AvgIpc) is 2.77. The maximum absolute atomic E-state index is 12.7. The summed E-state index contributed by atoms with van der Waals surface area (Å²) in [5, 5.41) is 5.09. The summed E-state index contributed by atoms with van der Waals surface area (Å²) in [7, 11) is -7.47. The Morgan fingerprint density at radius 3 is 2.41 bits per heavy atom. The molecule has 1 heterocycles. The molecule has 0 aliphatic heterocycles. The van der Waals surface area contributed by atoms with E-state index in [1.807, 2.05) is 4.72 Å². The number of pyridine rings is 1. The highest BCUT2D eigenvalue weighted by Gasteiger charge is 2.26. The van der Waals surface area contributed by atoms with Gasteiger partial charge in [0.05, 0.1) is 12.7 Å². The second-order valence-electron chi connectivity index (χ2n) is 7.31. The molecule has 11 heteroatoms. The average molecular weight is 478 g/mol. The Morgan fingerprint density at radius 1 is 1.12 bits per heavy atom. The third kappa shape index (κ3) is 5.64. The van der Waals surface area contributed by atoms with E-state index in [9.17, 15) is 21.6 Å². The van der Waals surface area contributed by atoms with Crippen LogP contribution in [-0.2, 0) is 20.0 Å². The van der Waals surface area contributed by atoms with Crippen LogP contribution in [0.4, 0.5) is 0 Å². The molecule has 3 rings (SSSR count). The molecule has 0 atom stereocenters. The molecular formula is C21H23N3O6S2. The van der Waals surface area contributed by atoms with Crippen molar-refractivity contribution in [2.45, 2.75) is 41.9 Å². The molecule has 0 spiro atoms. The van der Waals surface area contributed by atoms with Gasteiger partial charge >= 0.3 is 0 Å². The molecule has 1 amide bonds. The van der Waals surface area contributed by atoms with E-state index in [0.717, 1.165) is 37.8 Å². The number of primary sulfonamides is 1. The van der Waals surface area contributed by atoms with Crippen LogP contribution in [0, 0.1) is 17.8 Å². The van der Waals surface area contributed by atoms with Crippen molar-refractivity contribution < 1.29 is 26.4 Å². The third-order valence-corrected chi connectivity index (χ3v) is 7.49. The van der Waals surface area contributed by atoms with Crippen LogP contribution in [0.2, 0.25) is 0 Å². The van der Waals surface area contributed by atoms with Crippen molar-refractivity contribution in [1.29, 1.82) is 0 Å². The van der Waals surface area contributed by atoms with Crippen LogP contribution in [0.5, 0.6) is 5.75 Å². The Kier molecular flexibility index (Phi) is 7.18. The van der Waals surface area contributed by atoms with Crippen LogP contribution < -0.4 is 14.6 Å². The fraction of sp³-hybridized carbons (Fsp3) is 0.333. The van der Waals surface area contributed by atoms with Crippen LogP contribution in [0.1, 0.15) is 48.2 Å². The summed E-state index contributed by atoms with van der Waals surface area (Å²) in [5.74, 6) is 5.68. The number of nitrogens with zero attached hydrogens (tertiary/aromatic N) is 1. The Labute approximate surface area is 187 Å². The number of nitrogens with two attached hydrogens (primary N) is 1. The Morgan fingerprint density at radius 2 is 1.78 bits per heavy atom. The van der Waals surface area contributed by atoms with Crippen molar-refractivity contribution in [3.63, 3.8) is 0 Å². The molecule has 0 bridgehead atoms. The number of aromatic nitrogens is 1. The van der Waals surface area contributed by atoms with Gasteiger partial charge < -0.3 is 4.74 Å². The van der Waals surface area contributed by atoms with Gasteiger partial charge in [-0.2, -0.15) is 0 Å². The molecule has 0 saturated heterocycles. The predicted molar refractivity (Wildman–Crippen MR) is 117 cm³/mol. The van der Waals surface area contributed by atoms with E-state index < -0.39 is 35.7 Å². The summed E-state index contributed by atoms with van der Waals surface area (Å²) in [6.07, 6.45) is 6.76. The molecule has 9 nitrogen and oxygen atoms in total. The van der Waals surface area contributed by atoms with Gasteiger partial charge in [-0.15, -0.1) is 0 Å². The van der Waals surface area contributed by atoms with Crippen molar-refractivity contribution >= 4 is 26.0 Å². The van der Waals surface area contributed by atoms with Crippen LogP contribution in [0.3, 0.4) is 0 Å². The predicted octanol–water partition coefficient (Wildman–Crippen LogP) is 1.79. The normalized spacial score (nSPS) is 14.8. The maximum Gasteiger partial charge on any atom is 0.266 e. The number of benzene rings is 1. The quantitative estimate of drug-likeness (QED) is 0.624. The van der Waals surface area contributed by atoms with Gasteiger partial charge in [-0.1, -0.05) is 37.3 Å². The molecule has 32 heavy (non-hydrogen) atoms. The molecule has 170 valence electrons. The van der Waals surface area contributed by atoms with Crippen LogP contribution in [0.15, 0.2) is 46.3 Å². The zero-order chi connectivity index (χ0) is 23.4. The zero-order valence-corrected chi connectivity index (χ0v) is 19.0.